The molecule has 70 valence electrons. The summed E-state index contributed by atoms with van der Waals surface area (Å²) in [6.45, 7) is 0. The van der Waals surface area contributed by atoms with Gasteiger partial charge < -0.3 is 10.1 Å². The van der Waals surface area contributed by atoms with Gasteiger partial charge in [-0.1, -0.05) is 0 Å². The number of ether oxygens (including phenoxy) is 1. The van der Waals surface area contributed by atoms with Crippen molar-refractivity contribution in [1.82, 2.24) is 5.32 Å². The molecule has 3 fully saturated rings. The van der Waals surface area contributed by atoms with Gasteiger partial charge in [0.25, 0.3) is 0 Å². The molecule has 3 nitrogen and oxygen atoms in total. The Labute approximate surface area is 78.3 Å². The Bertz CT molecular complexity index is 170. The van der Waals surface area contributed by atoms with E-state index < -0.39 is 0 Å². The molecule has 1 N–H and O–H groups in total. The van der Waals surface area contributed by atoms with Crippen LogP contribution in [0.2, 0.25) is 0 Å². The van der Waals surface area contributed by atoms with Gasteiger partial charge in [0.1, 0.15) is 0 Å². The number of hydrogen-bond donors (Lipinski definition) is 1. The molecule has 0 aromatic rings. The molecule has 0 aromatic carbocycles. The van der Waals surface area contributed by atoms with Crippen molar-refractivity contribution >= 4 is 18.4 Å². The van der Waals surface area contributed by atoms with Gasteiger partial charge in [0.05, 0.1) is 13.0 Å². The van der Waals surface area contributed by atoms with E-state index in [1.165, 1.54) is 13.5 Å². The fourth-order valence-corrected chi connectivity index (χ4v) is 2.12. The number of halogens is 1. The number of nitrogens with one attached hydrogen (secondary N) is 1. The van der Waals surface area contributed by atoms with E-state index in [1.807, 2.05) is 0 Å². The quantitative estimate of drug-likeness (QED) is 0.621. The van der Waals surface area contributed by atoms with Crippen LogP contribution in [0.1, 0.15) is 19.3 Å². The van der Waals surface area contributed by atoms with Crippen LogP contribution in [0.3, 0.4) is 0 Å². The van der Waals surface area contributed by atoms with Gasteiger partial charge in [-0.15, -0.1) is 12.4 Å². The molecule has 2 heterocycles. The zero-order chi connectivity index (χ0) is 7.84. The Morgan fingerprint density at radius 1 is 1.33 bits per heavy atom. The van der Waals surface area contributed by atoms with Crippen LogP contribution in [0.5, 0.6) is 0 Å². The van der Waals surface area contributed by atoms with Crippen LogP contribution < -0.4 is 5.32 Å². The number of carbonyl (C=O) groups is 1. The second-order valence-corrected chi connectivity index (χ2v) is 3.49. The van der Waals surface area contributed by atoms with Crippen LogP contribution in [-0.2, 0) is 9.53 Å². The highest BCUT2D eigenvalue weighted by atomic mass is 35.5. The zero-order valence-corrected chi connectivity index (χ0v) is 7.89. The largest absolute Gasteiger partial charge is 0.469 e. The number of carbonyl (C=O) groups excluding carboxylic acids is 1. The summed E-state index contributed by atoms with van der Waals surface area (Å²) < 4.78 is 4.69. The lowest BCUT2D eigenvalue weighted by atomic mass is 9.76. The summed E-state index contributed by atoms with van der Waals surface area (Å²) in [6.07, 6.45) is 3.21. The first kappa shape index (κ1) is 9.81. The average Bonchev–Trinajstić information content (AvgIpc) is 2.02. The topological polar surface area (TPSA) is 38.3 Å². The molecular formula is C8H14ClNO2. The predicted octanol–water partition coefficient (Wildman–Crippen LogP) is 0.722. The molecule has 12 heavy (non-hydrogen) atoms. The van der Waals surface area contributed by atoms with Gasteiger partial charge in [-0.25, -0.2) is 0 Å². The SMILES string of the molecule is COC(=O)C1CC2CC(C1)N2.Cl. The molecule has 2 bridgehead atoms. The van der Waals surface area contributed by atoms with Crippen molar-refractivity contribution < 1.29 is 9.53 Å². The van der Waals surface area contributed by atoms with Crippen LogP contribution in [0.15, 0.2) is 0 Å². The molecule has 4 heteroatoms. The van der Waals surface area contributed by atoms with Crippen LogP contribution in [0.25, 0.3) is 0 Å². The number of rotatable bonds is 1. The normalized spacial score (nSPS) is 37.6. The smallest absolute Gasteiger partial charge is 0.308 e. The summed E-state index contributed by atoms with van der Waals surface area (Å²) in [4.78, 5) is 11.1. The van der Waals surface area contributed by atoms with Gasteiger partial charge in [-0.2, -0.15) is 0 Å². The van der Waals surface area contributed by atoms with Crippen LogP contribution in [0.4, 0.5) is 0 Å². The minimum atomic E-state index is -0.0267. The summed E-state index contributed by atoms with van der Waals surface area (Å²) in [6, 6.07) is 1.19. The molecule has 2 saturated heterocycles. The molecule has 0 amide bonds. The summed E-state index contributed by atoms with van der Waals surface area (Å²) >= 11 is 0. The Morgan fingerprint density at radius 3 is 2.25 bits per heavy atom. The predicted molar refractivity (Wildman–Crippen MR) is 47.3 cm³/mol. The molecule has 0 spiro atoms. The van der Waals surface area contributed by atoms with E-state index in [0.717, 1.165) is 12.8 Å². The third-order valence-electron chi connectivity index (χ3n) is 2.71. The highest BCUT2D eigenvalue weighted by Crippen LogP contribution is 2.32. The van der Waals surface area contributed by atoms with Crippen molar-refractivity contribution in [2.24, 2.45) is 5.92 Å². The summed E-state index contributed by atoms with van der Waals surface area (Å²) in [5, 5.41) is 3.38. The molecule has 1 aliphatic carbocycles. The molecule has 1 saturated carbocycles. The molecule has 2 atom stereocenters. The summed E-state index contributed by atoms with van der Waals surface area (Å²) in [7, 11) is 1.47. The van der Waals surface area contributed by atoms with E-state index in [1.54, 1.807) is 0 Å². The zero-order valence-electron chi connectivity index (χ0n) is 7.08. The number of esters is 1. The van der Waals surface area contributed by atoms with Gasteiger partial charge in [-0.05, 0) is 19.3 Å². The standard InChI is InChI=1S/C8H13NO2.ClH/c1-11-8(10)5-2-6-4-7(3-5)9-6;/h5-7,9H,2-4H2,1H3;1H. The molecule has 0 aromatic heterocycles. The minimum absolute atomic E-state index is 0. The number of piperidine rings is 1. The molecular weight excluding hydrogens is 178 g/mol. The van der Waals surface area contributed by atoms with E-state index in [-0.39, 0.29) is 24.3 Å². The average molecular weight is 192 g/mol. The molecule has 3 rings (SSSR count). The Balaban J connectivity index is 0.000000720. The second kappa shape index (κ2) is 3.62. The minimum Gasteiger partial charge on any atom is -0.469 e. The molecule has 2 aliphatic heterocycles. The highest BCUT2D eigenvalue weighted by molar-refractivity contribution is 5.85. The maximum atomic E-state index is 11.1. The lowest BCUT2D eigenvalue weighted by molar-refractivity contribution is -0.148. The monoisotopic (exact) mass is 191 g/mol. The Kier molecular flexibility index (Phi) is 2.96. The first-order chi connectivity index (χ1) is 5.29. The highest BCUT2D eigenvalue weighted by Gasteiger charge is 2.40. The van der Waals surface area contributed by atoms with Crippen molar-refractivity contribution in [3.63, 3.8) is 0 Å². The fourth-order valence-electron chi connectivity index (χ4n) is 2.12. The van der Waals surface area contributed by atoms with Gasteiger partial charge in [0.15, 0.2) is 0 Å². The number of methoxy groups -OCH3 is 1. The van der Waals surface area contributed by atoms with Gasteiger partial charge in [-0.3, -0.25) is 4.79 Å². The molecule has 2 unspecified atom stereocenters. The Hall–Kier alpha value is -0.280. The summed E-state index contributed by atoms with van der Waals surface area (Å²) in [5.41, 5.74) is 0. The van der Waals surface area contributed by atoms with Crippen LogP contribution in [0, 0.1) is 5.92 Å². The fraction of sp³-hybridized carbons (Fsp3) is 0.875. The van der Waals surface area contributed by atoms with E-state index in [9.17, 15) is 4.79 Å². The molecule has 3 aliphatic rings. The van der Waals surface area contributed by atoms with Crippen LogP contribution >= 0.6 is 12.4 Å². The molecule has 0 radical (unpaired) electrons. The van der Waals surface area contributed by atoms with Crippen molar-refractivity contribution in [3.05, 3.63) is 0 Å². The van der Waals surface area contributed by atoms with E-state index in [0.29, 0.717) is 12.1 Å². The van der Waals surface area contributed by atoms with Crippen molar-refractivity contribution in [2.45, 2.75) is 31.3 Å². The van der Waals surface area contributed by atoms with Crippen molar-refractivity contribution in [1.29, 1.82) is 0 Å². The van der Waals surface area contributed by atoms with Crippen molar-refractivity contribution in [2.75, 3.05) is 7.11 Å². The van der Waals surface area contributed by atoms with Gasteiger partial charge >= 0.3 is 5.97 Å². The third kappa shape index (κ3) is 1.57. The lowest BCUT2D eigenvalue weighted by Gasteiger charge is -2.45. The second-order valence-electron chi connectivity index (χ2n) is 3.49. The number of hydrogen-bond acceptors (Lipinski definition) is 3. The van der Waals surface area contributed by atoms with E-state index in [4.69, 9.17) is 4.74 Å². The summed E-state index contributed by atoms with van der Waals surface area (Å²) in [5.74, 6) is 0.145. The van der Waals surface area contributed by atoms with E-state index >= 15 is 0 Å². The number of fused-ring (bicyclic) bond motifs is 2. The van der Waals surface area contributed by atoms with Gasteiger partial charge in [0.2, 0.25) is 0 Å². The van der Waals surface area contributed by atoms with Crippen molar-refractivity contribution in [3.8, 4) is 0 Å². The van der Waals surface area contributed by atoms with Crippen LogP contribution in [-0.4, -0.2) is 25.2 Å². The first-order valence-corrected chi connectivity index (χ1v) is 4.13. The third-order valence-corrected chi connectivity index (χ3v) is 2.71. The van der Waals surface area contributed by atoms with E-state index in [2.05, 4.69) is 5.32 Å². The lowest BCUT2D eigenvalue weighted by Crippen LogP contribution is -2.58. The maximum absolute atomic E-state index is 11.1. The Morgan fingerprint density at radius 2 is 1.83 bits per heavy atom. The van der Waals surface area contributed by atoms with Gasteiger partial charge in [0, 0.05) is 12.1 Å². The maximum Gasteiger partial charge on any atom is 0.308 e. The first-order valence-electron chi connectivity index (χ1n) is 4.13.